The summed E-state index contributed by atoms with van der Waals surface area (Å²) in [7, 11) is 1.39. The van der Waals surface area contributed by atoms with Gasteiger partial charge in [0, 0.05) is 14.2 Å². The van der Waals surface area contributed by atoms with Crippen LogP contribution < -0.4 is 0 Å². The standard InChI is InChI=1S/C6H16O3Si/c1-6(2,3)9-10(7-4)8-5/h10H,1-5H3. The number of rotatable bonds is 3. The Labute approximate surface area is 64.3 Å². The molecule has 0 radical (unpaired) electrons. The maximum Gasteiger partial charge on any atom is 0.484 e. The van der Waals surface area contributed by atoms with Gasteiger partial charge in [0.05, 0.1) is 5.60 Å². The molecule has 0 spiro atoms. The Kier molecular flexibility index (Phi) is 4.11. The van der Waals surface area contributed by atoms with Gasteiger partial charge in [-0.05, 0) is 20.8 Å². The molecule has 10 heavy (non-hydrogen) atoms. The zero-order valence-corrected chi connectivity index (χ0v) is 8.46. The van der Waals surface area contributed by atoms with Crippen LogP contribution in [-0.2, 0) is 13.3 Å². The molecule has 0 bridgehead atoms. The molecule has 0 aliphatic rings. The maximum atomic E-state index is 5.43. The summed E-state index contributed by atoms with van der Waals surface area (Å²) in [5.41, 5.74) is -0.164. The van der Waals surface area contributed by atoms with Crippen molar-refractivity contribution < 1.29 is 13.3 Å². The fourth-order valence-corrected chi connectivity index (χ4v) is 1.44. The van der Waals surface area contributed by atoms with Gasteiger partial charge in [0.25, 0.3) is 0 Å². The van der Waals surface area contributed by atoms with Gasteiger partial charge in [-0.15, -0.1) is 0 Å². The van der Waals surface area contributed by atoms with Crippen molar-refractivity contribution in [1.29, 1.82) is 0 Å². The van der Waals surface area contributed by atoms with E-state index in [9.17, 15) is 0 Å². The molecular weight excluding hydrogens is 148 g/mol. The average Bonchev–Trinajstić information content (AvgIpc) is 1.81. The minimum atomic E-state index is -1.82. The van der Waals surface area contributed by atoms with Crippen LogP contribution in [0.5, 0.6) is 0 Å². The summed E-state index contributed by atoms with van der Waals surface area (Å²) in [5.74, 6) is 0. The molecule has 0 amide bonds. The summed E-state index contributed by atoms with van der Waals surface area (Å²) < 4.78 is 15.4. The number of hydrogen-bond donors (Lipinski definition) is 0. The van der Waals surface area contributed by atoms with Crippen molar-refractivity contribution in [3.8, 4) is 0 Å². The Morgan fingerprint density at radius 3 is 1.50 bits per heavy atom. The fourth-order valence-electron chi connectivity index (χ4n) is 0.481. The third-order valence-corrected chi connectivity index (χ3v) is 2.50. The van der Waals surface area contributed by atoms with Crippen molar-refractivity contribution in [2.45, 2.75) is 26.4 Å². The van der Waals surface area contributed by atoms with E-state index in [2.05, 4.69) is 0 Å². The van der Waals surface area contributed by atoms with Crippen LogP contribution in [0.25, 0.3) is 0 Å². The van der Waals surface area contributed by atoms with Crippen LogP contribution >= 0.6 is 0 Å². The second-order valence-electron chi connectivity index (χ2n) is 2.99. The lowest BCUT2D eigenvalue weighted by atomic mass is 10.2. The van der Waals surface area contributed by atoms with Crippen molar-refractivity contribution in [1.82, 2.24) is 0 Å². The van der Waals surface area contributed by atoms with Crippen LogP contribution in [0, 0.1) is 0 Å². The first-order valence-electron chi connectivity index (χ1n) is 3.23. The van der Waals surface area contributed by atoms with Gasteiger partial charge in [-0.1, -0.05) is 0 Å². The molecule has 0 unspecified atom stereocenters. The summed E-state index contributed by atoms with van der Waals surface area (Å²) in [6.07, 6.45) is 0. The lowest BCUT2D eigenvalue weighted by molar-refractivity contribution is 0.0430. The van der Waals surface area contributed by atoms with E-state index >= 15 is 0 Å². The van der Waals surface area contributed by atoms with E-state index in [0.717, 1.165) is 0 Å². The molecule has 4 heteroatoms. The molecule has 0 aromatic heterocycles. The van der Waals surface area contributed by atoms with E-state index in [1.165, 1.54) is 0 Å². The summed E-state index contributed by atoms with van der Waals surface area (Å²) in [4.78, 5) is 0. The van der Waals surface area contributed by atoms with Crippen LogP contribution in [0.15, 0.2) is 0 Å². The topological polar surface area (TPSA) is 27.7 Å². The lowest BCUT2D eigenvalue weighted by Gasteiger charge is -2.23. The van der Waals surface area contributed by atoms with Gasteiger partial charge in [0.2, 0.25) is 0 Å². The molecule has 0 aromatic carbocycles. The zero-order chi connectivity index (χ0) is 8.20. The van der Waals surface area contributed by atoms with Crippen LogP contribution in [-0.4, -0.2) is 29.3 Å². The second-order valence-corrected chi connectivity index (χ2v) is 4.75. The van der Waals surface area contributed by atoms with Crippen molar-refractivity contribution in [2.24, 2.45) is 0 Å². The first-order chi connectivity index (χ1) is 4.49. The summed E-state index contributed by atoms with van der Waals surface area (Å²) in [5, 5.41) is 0. The van der Waals surface area contributed by atoms with Crippen molar-refractivity contribution >= 4 is 9.53 Å². The minimum absolute atomic E-state index is 0.164. The van der Waals surface area contributed by atoms with Crippen LogP contribution in [0.3, 0.4) is 0 Å². The molecule has 0 fully saturated rings. The van der Waals surface area contributed by atoms with E-state index in [1.807, 2.05) is 20.8 Å². The molecule has 0 aliphatic carbocycles. The molecule has 0 aliphatic heterocycles. The highest BCUT2D eigenvalue weighted by Gasteiger charge is 2.20. The Morgan fingerprint density at radius 1 is 1.00 bits per heavy atom. The highest BCUT2D eigenvalue weighted by atomic mass is 28.3. The van der Waals surface area contributed by atoms with Crippen LogP contribution in [0.2, 0.25) is 0 Å². The zero-order valence-electron chi connectivity index (χ0n) is 7.30. The molecule has 0 N–H and O–H groups in total. The monoisotopic (exact) mass is 164 g/mol. The molecule has 0 saturated heterocycles. The number of hydrogen-bond acceptors (Lipinski definition) is 3. The first-order valence-corrected chi connectivity index (χ1v) is 4.64. The van der Waals surface area contributed by atoms with E-state index < -0.39 is 9.53 Å². The minimum Gasteiger partial charge on any atom is -0.379 e. The van der Waals surface area contributed by atoms with E-state index in [-0.39, 0.29) is 5.60 Å². The molecule has 0 aromatic rings. The normalized spacial score (nSPS) is 12.6. The third kappa shape index (κ3) is 4.93. The second kappa shape index (κ2) is 4.08. The van der Waals surface area contributed by atoms with Crippen LogP contribution in [0.4, 0.5) is 0 Å². The predicted octanol–water partition coefficient (Wildman–Crippen LogP) is 0.811. The summed E-state index contributed by atoms with van der Waals surface area (Å²) in [6.45, 7) is 5.93. The Balaban J connectivity index is 3.63. The molecular formula is C6H16O3Si. The quantitative estimate of drug-likeness (QED) is 0.578. The van der Waals surface area contributed by atoms with Gasteiger partial charge in [-0.3, -0.25) is 0 Å². The largest absolute Gasteiger partial charge is 0.484 e. The Hall–Kier alpha value is 0.0969. The maximum absolute atomic E-state index is 5.43. The fraction of sp³-hybridized carbons (Fsp3) is 1.00. The van der Waals surface area contributed by atoms with E-state index in [1.54, 1.807) is 14.2 Å². The molecule has 0 saturated carbocycles. The van der Waals surface area contributed by atoms with Crippen molar-refractivity contribution in [3.63, 3.8) is 0 Å². The molecule has 62 valence electrons. The molecule has 0 atom stereocenters. The van der Waals surface area contributed by atoms with Crippen molar-refractivity contribution in [2.75, 3.05) is 14.2 Å². The lowest BCUT2D eigenvalue weighted by Crippen LogP contribution is -2.34. The van der Waals surface area contributed by atoms with E-state index in [0.29, 0.717) is 0 Å². The Bertz CT molecular complexity index is 85.5. The van der Waals surface area contributed by atoms with Gasteiger partial charge in [-0.2, -0.15) is 0 Å². The van der Waals surface area contributed by atoms with Gasteiger partial charge in [0.15, 0.2) is 0 Å². The Morgan fingerprint density at radius 2 is 1.40 bits per heavy atom. The summed E-state index contributed by atoms with van der Waals surface area (Å²) >= 11 is 0. The highest BCUT2D eigenvalue weighted by Crippen LogP contribution is 2.08. The van der Waals surface area contributed by atoms with Gasteiger partial charge in [0.1, 0.15) is 0 Å². The smallest absolute Gasteiger partial charge is 0.379 e. The van der Waals surface area contributed by atoms with Crippen molar-refractivity contribution in [3.05, 3.63) is 0 Å². The SMILES string of the molecule is CO[SiH](OC)OC(C)(C)C. The average molecular weight is 164 g/mol. The van der Waals surface area contributed by atoms with Gasteiger partial charge < -0.3 is 13.3 Å². The molecule has 0 rings (SSSR count). The highest BCUT2D eigenvalue weighted by molar-refractivity contribution is 6.36. The van der Waals surface area contributed by atoms with Gasteiger partial charge >= 0.3 is 9.53 Å². The van der Waals surface area contributed by atoms with Gasteiger partial charge in [-0.25, -0.2) is 0 Å². The van der Waals surface area contributed by atoms with E-state index in [4.69, 9.17) is 13.3 Å². The molecule has 3 nitrogen and oxygen atoms in total. The predicted molar refractivity (Wildman–Crippen MR) is 42.0 cm³/mol. The molecule has 0 heterocycles. The third-order valence-electron chi connectivity index (χ3n) is 0.835. The first kappa shape index (κ1) is 10.1. The van der Waals surface area contributed by atoms with Crippen LogP contribution in [0.1, 0.15) is 20.8 Å². The summed E-state index contributed by atoms with van der Waals surface area (Å²) in [6, 6.07) is 0.